The van der Waals surface area contributed by atoms with Crippen molar-refractivity contribution >= 4 is 28.2 Å². The zero-order chi connectivity index (χ0) is 25.3. The van der Waals surface area contributed by atoms with Gasteiger partial charge in [0.15, 0.2) is 0 Å². The Labute approximate surface area is 216 Å². The van der Waals surface area contributed by atoms with Crippen LogP contribution in [0.4, 0.5) is 5.00 Å². The van der Waals surface area contributed by atoms with E-state index in [1.54, 1.807) is 6.92 Å². The van der Waals surface area contributed by atoms with Crippen LogP contribution in [-0.2, 0) is 22.6 Å². The molecule has 3 aromatic carbocycles. The van der Waals surface area contributed by atoms with Gasteiger partial charge in [0, 0.05) is 23.5 Å². The molecule has 184 valence electrons. The lowest BCUT2D eigenvalue weighted by molar-refractivity contribution is -0.117. The van der Waals surface area contributed by atoms with Crippen LogP contribution in [0.1, 0.15) is 33.3 Å². The first-order valence-corrected chi connectivity index (χ1v) is 12.8. The van der Waals surface area contributed by atoms with Crippen LogP contribution in [0, 0.1) is 6.92 Å². The Bertz CT molecular complexity index is 1250. The first kappa shape index (κ1) is 25.4. The quantitative estimate of drug-likeness (QED) is 0.252. The van der Waals surface area contributed by atoms with Crippen molar-refractivity contribution in [1.29, 1.82) is 0 Å². The van der Waals surface area contributed by atoms with Gasteiger partial charge in [-0.05, 0) is 30.5 Å². The molecule has 0 aliphatic heterocycles. The molecule has 1 amide bonds. The number of thiophene rings is 1. The predicted octanol–water partition coefficient (Wildman–Crippen LogP) is 6.54. The standard InChI is InChI=1S/C30H30N2O3S/c1-3-35-30(34)28-27(25-17-11-6-12-18-25)22(2)36-29(28)31-26(33)21-32(19-23-13-7-4-8-14-23)20-24-15-9-5-10-16-24/h4-18H,3,19-21H2,1-2H3,(H,31,33). The maximum atomic E-state index is 13.3. The number of aryl methyl sites for hydroxylation is 1. The number of benzene rings is 3. The van der Waals surface area contributed by atoms with Gasteiger partial charge in [-0.3, -0.25) is 9.69 Å². The van der Waals surface area contributed by atoms with E-state index in [-0.39, 0.29) is 19.1 Å². The molecule has 6 heteroatoms. The Balaban J connectivity index is 1.58. The highest BCUT2D eigenvalue weighted by atomic mass is 32.1. The third kappa shape index (κ3) is 6.47. The number of amides is 1. The van der Waals surface area contributed by atoms with Gasteiger partial charge in [0.25, 0.3) is 0 Å². The Hall–Kier alpha value is -3.74. The molecule has 0 bridgehead atoms. The number of nitrogens with one attached hydrogen (secondary N) is 1. The molecule has 0 unspecified atom stereocenters. The summed E-state index contributed by atoms with van der Waals surface area (Å²) in [6.45, 7) is 5.45. The second-order valence-electron chi connectivity index (χ2n) is 8.49. The third-order valence-electron chi connectivity index (χ3n) is 5.74. The normalized spacial score (nSPS) is 10.9. The van der Waals surface area contributed by atoms with Crippen LogP contribution in [-0.4, -0.2) is 29.9 Å². The third-order valence-corrected chi connectivity index (χ3v) is 6.77. The maximum Gasteiger partial charge on any atom is 0.341 e. The minimum Gasteiger partial charge on any atom is -0.462 e. The van der Waals surface area contributed by atoms with Crippen molar-refractivity contribution in [2.75, 3.05) is 18.5 Å². The summed E-state index contributed by atoms with van der Waals surface area (Å²) in [5.74, 6) is -0.602. The lowest BCUT2D eigenvalue weighted by Crippen LogP contribution is -2.32. The molecule has 0 aliphatic rings. The first-order chi connectivity index (χ1) is 17.5. The second kappa shape index (κ2) is 12.3. The van der Waals surface area contributed by atoms with Crippen LogP contribution in [0.5, 0.6) is 0 Å². The molecule has 0 aliphatic carbocycles. The van der Waals surface area contributed by atoms with Gasteiger partial charge in [-0.1, -0.05) is 91.0 Å². The molecule has 0 saturated heterocycles. The summed E-state index contributed by atoms with van der Waals surface area (Å²) >= 11 is 1.40. The van der Waals surface area contributed by atoms with E-state index >= 15 is 0 Å². The van der Waals surface area contributed by atoms with Crippen molar-refractivity contribution in [3.63, 3.8) is 0 Å². The van der Waals surface area contributed by atoms with Gasteiger partial charge in [0.1, 0.15) is 10.6 Å². The SMILES string of the molecule is CCOC(=O)c1c(NC(=O)CN(Cc2ccccc2)Cc2ccccc2)sc(C)c1-c1ccccc1. The molecular formula is C30H30N2O3S. The Kier molecular flexibility index (Phi) is 8.66. The first-order valence-electron chi connectivity index (χ1n) is 12.0. The fourth-order valence-corrected chi connectivity index (χ4v) is 5.28. The van der Waals surface area contributed by atoms with Gasteiger partial charge in [0.2, 0.25) is 5.91 Å². The lowest BCUT2D eigenvalue weighted by Gasteiger charge is -2.22. The minimum atomic E-state index is -0.429. The summed E-state index contributed by atoms with van der Waals surface area (Å²) in [4.78, 5) is 29.3. The predicted molar refractivity (Wildman–Crippen MR) is 146 cm³/mol. The number of hydrogen-bond acceptors (Lipinski definition) is 5. The number of hydrogen-bond donors (Lipinski definition) is 1. The molecule has 0 spiro atoms. The Morgan fingerprint density at radius 2 is 1.36 bits per heavy atom. The van der Waals surface area contributed by atoms with Crippen LogP contribution >= 0.6 is 11.3 Å². The smallest absolute Gasteiger partial charge is 0.341 e. The fraction of sp³-hybridized carbons (Fsp3) is 0.200. The number of ether oxygens (including phenoxy) is 1. The molecule has 1 aromatic heterocycles. The zero-order valence-electron chi connectivity index (χ0n) is 20.6. The van der Waals surface area contributed by atoms with Crippen molar-refractivity contribution in [2.45, 2.75) is 26.9 Å². The topological polar surface area (TPSA) is 58.6 Å². The van der Waals surface area contributed by atoms with E-state index < -0.39 is 5.97 Å². The summed E-state index contributed by atoms with van der Waals surface area (Å²) in [5.41, 5.74) is 4.40. The van der Waals surface area contributed by atoms with Crippen LogP contribution in [0.2, 0.25) is 0 Å². The van der Waals surface area contributed by atoms with Gasteiger partial charge in [-0.25, -0.2) is 4.79 Å². The molecule has 0 radical (unpaired) electrons. The van der Waals surface area contributed by atoms with E-state index in [9.17, 15) is 9.59 Å². The van der Waals surface area contributed by atoms with Crippen LogP contribution in [0.25, 0.3) is 11.1 Å². The van der Waals surface area contributed by atoms with Crippen LogP contribution in [0.15, 0.2) is 91.0 Å². The highest BCUT2D eigenvalue weighted by Crippen LogP contribution is 2.40. The Morgan fingerprint density at radius 1 is 0.833 bits per heavy atom. The second-order valence-corrected chi connectivity index (χ2v) is 9.71. The minimum absolute atomic E-state index is 0.173. The van der Waals surface area contributed by atoms with Gasteiger partial charge in [-0.15, -0.1) is 11.3 Å². The number of carbonyl (C=O) groups is 2. The molecule has 4 rings (SSSR count). The fourth-order valence-electron chi connectivity index (χ4n) is 4.20. The largest absolute Gasteiger partial charge is 0.462 e. The molecular weight excluding hydrogens is 468 g/mol. The molecule has 5 nitrogen and oxygen atoms in total. The maximum absolute atomic E-state index is 13.3. The van der Waals surface area contributed by atoms with Gasteiger partial charge >= 0.3 is 5.97 Å². The van der Waals surface area contributed by atoms with E-state index in [0.29, 0.717) is 23.7 Å². The van der Waals surface area contributed by atoms with Crippen molar-refractivity contribution in [2.24, 2.45) is 0 Å². The zero-order valence-corrected chi connectivity index (χ0v) is 21.4. The highest BCUT2D eigenvalue weighted by Gasteiger charge is 2.26. The van der Waals surface area contributed by atoms with Gasteiger partial charge in [-0.2, -0.15) is 0 Å². The van der Waals surface area contributed by atoms with Crippen LogP contribution in [0.3, 0.4) is 0 Å². The molecule has 4 aromatic rings. The summed E-state index contributed by atoms with van der Waals surface area (Å²) in [6.07, 6.45) is 0. The highest BCUT2D eigenvalue weighted by molar-refractivity contribution is 7.17. The molecule has 0 fully saturated rings. The number of esters is 1. The van der Waals surface area contributed by atoms with E-state index in [1.807, 2.05) is 73.7 Å². The van der Waals surface area contributed by atoms with E-state index in [0.717, 1.165) is 27.1 Å². The molecule has 1 heterocycles. The lowest BCUT2D eigenvalue weighted by atomic mass is 10.0. The number of anilines is 1. The molecule has 36 heavy (non-hydrogen) atoms. The van der Waals surface area contributed by atoms with Crippen LogP contribution < -0.4 is 5.32 Å². The molecule has 0 atom stereocenters. The summed E-state index contributed by atoms with van der Waals surface area (Å²) in [5, 5.41) is 3.54. The number of rotatable bonds is 10. The number of nitrogens with zero attached hydrogens (tertiary/aromatic N) is 1. The van der Waals surface area contributed by atoms with Gasteiger partial charge in [0.05, 0.1) is 13.2 Å². The van der Waals surface area contributed by atoms with Gasteiger partial charge < -0.3 is 10.1 Å². The van der Waals surface area contributed by atoms with Crippen molar-refractivity contribution in [3.05, 3.63) is 113 Å². The van der Waals surface area contributed by atoms with Crippen molar-refractivity contribution < 1.29 is 14.3 Å². The molecule has 0 saturated carbocycles. The summed E-state index contributed by atoms with van der Waals surface area (Å²) < 4.78 is 5.37. The molecule has 1 N–H and O–H groups in total. The average Bonchev–Trinajstić information content (AvgIpc) is 3.21. The Morgan fingerprint density at radius 3 is 1.89 bits per heavy atom. The van der Waals surface area contributed by atoms with Crippen molar-refractivity contribution in [3.8, 4) is 11.1 Å². The summed E-state index contributed by atoms with van der Waals surface area (Å²) in [6, 6.07) is 29.9. The van der Waals surface area contributed by atoms with E-state index in [4.69, 9.17) is 4.74 Å². The van der Waals surface area contributed by atoms with E-state index in [1.165, 1.54) is 11.3 Å². The monoisotopic (exact) mass is 498 g/mol. The number of carbonyl (C=O) groups excluding carboxylic acids is 2. The van der Waals surface area contributed by atoms with Crippen molar-refractivity contribution in [1.82, 2.24) is 4.90 Å². The summed E-state index contributed by atoms with van der Waals surface area (Å²) in [7, 11) is 0. The average molecular weight is 499 g/mol. The van der Waals surface area contributed by atoms with E-state index in [2.05, 4.69) is 34.5 Å².